The van der Waals surface area contributed by atoms with E-state index >= 15 is 0 Å². The number of carbonyl (C=O) groups is 2. The van der Waals surface area contributed by atoms with Crippen molar-refractivity contribution in [1.82, 2.24) is 9.80 Å². The summed E-state index contributed by atoms with van der Waals surface area (Å²) in [5, 5.41) is 0.544. The molecule has 8 heteroatoms. The molecule has 188 valence electrons. The van der Waals surface area contributed by atoms with Crippen LogP contribution in [0.15, 0.2) is 78.9 Å². The van der Waals surface area contributed by atoms with Crippen molar-refractivity contribution in [2.24, 2.45) is 0 Å². The lowest BCUT2D eigenvalue weighted by atomic mass is 9.96. The van der Waals surface area contributed by atoms with Crippen LogP contribution in [-0.2, 0) is 16.1 Å². The zero-order chi connectivity index (χ0) is 25.5. The van der Waals surface area contributed by atoms with E-state index in [1.807, 2.05) is 30.3 Å². The molecule has 0 spiro atoms. The van der Waals surface area contributed by atoms with E-state index < -0.39 is 5.60 Å². The van der Waals surface area contributed by atoms with Crippen molar-refractivity contribution in [2.45, 2.75) is 18.6 Å². The van der Waals surface area contributed by atoms with Gasteiger partial charge in [0.2, 0.25) is 5.91 Å². The number of ether oxygens (including phenoxy) is 2. The van der Waals surface area contributed by atoms with E-state index in [1.165, 1.54) is 24.3 Å². The molecule has 1 aliphatic rings. The van der Waals surface area contributed by atoms with Crippen molar-refractivity contribution >= 4 is 23.4 Å². The Hall–Kier alpha value is -3.42. The number of hydrogen-bond acceptors (Lipinski definition) is 4. The highest BCUT2D eigenvalue weighted by atomic mass is 35.5. The Kier molecular flexibility index (Phi) is 8.23. The monoisotopic (exact) mass is 510 g/mol. The third-order valence-electron chi connectivity index (χ3n) is 6.10. The van der Waals surface area contributed by atoms with E-state index in [4.69, 9.17) is 21.1 Å². The topological polar surface area (TPSA) is 59.1 Å². The number of rotatable bonds is 8. The summed E-state index contributed by atoms with van der Waals surface area (Å²) in [6, 6.07) is 22.0. The Morgan fingerprint density at radius 3 is 2.44 bits per heavy atom. The van der Waals surface area contributed by atoms with E-state index in [0.717, 1.165) is 5.56 Å². The molecule has 6 nitrogen and oxygen atoms in total. The second-order valence-electron chi connectivity index (χ2n) is 8.92. The van der Waals surface area contributed by atoms with Crippen LogP contribution >= 0.6 is 11.6 Å². The summed E-state index contributed by atoms with van der Waals surface area (Å²) in [4.78, 5) is 29.8. The van der Waals surface area contributed by atoms with E-state index in [1.54, 1.807) is 41.1 Å². The predicted octanol–water partition coefficient (Wildman–Crippen LogP) is 4.82. The molecule has 3 aromatic rings. The minimum atomic E-state index is -1.07. The fourth-order valence-corrected chi connectivity index (χ4v) is 4.27. The first-order valence-corrected chi connectivity index (χ1v) is 12.1. The maximum Gasteiger partial charge on any atom is 0.254 e. The van der Waals surface area contributed by atoms with Crippen LogP contribution < -0.4 is 4.74 Å². The van der Waals surface area contributed by atoms with Crippen molar-refractivity contribution in [2.75, 3.05) is 33.4 Å². The van der Waals surface area contributed by atoms with Crippen LogP contribution in [0, 0.1) is 5.82 Å². The number of hydrogen-bond donors (Lipinski definition) is 0. The van der Waals surface area contributed by atoms with Crippen molar-refractivity contribution < 1.29 is 23.5 Å². The van der Waals surface area contributed by atoms with Crippen molar-refractivity contribution in [1.29, 1.82) is 0 Å². The minimum Gasteiger partial charge on any atom is -0.490 e. The molecule has 0 radical (unpaired) electrons. The van der Waals surface area contributed by atoms with Gasteiger partial charge in [-0.25, -0.2) is 4.39 Å². The van der Waals surface area contributed by atoms with Gasteiger partial charge >= 0.3 is 0 Å². The highest BCUT2D eigenvalue weighted by Gasteiger charge is 2.42. The van der Waals surface area contributed by atoms with Crippen LogP contribution in [0.3, 0.4) is 0 Å². The van der Waals surface area contributed by atoms with Crippen molar-refractivity contribution in [3.8, 4) is 5.75 Å². The summed E-state index contributed by atoms with van der Waals surface area (Å²) in [6.45, 7) is 1.27. The van der Waals surface area contributed by atoms with Gasteiger partial charge in [0.05, 0.1) is 19.6 Å². The van der Waals surface area contributed by atoms with E-state index in [0.29, 0.717) is 29.4 Å². The van der Waals surface area contributed by atoms with Gasteiger partial charge in [-0.05, 0) is 54.1 Å². The lowest BCUT2D eigenvalue weighted by molar-refractivity contribution is -0.152. The second-order valence-corrected chi connectivity index (χ2v) is 9.36. The highest BCUT2D eigenvalue weighted by molar-refractivity contribution is 6.30. The van der Waals surface area contributed by atoms with Gasteiger partial charge in [0.1, 0.15) is 23.8 Å². The number of nitrogens with zero attached hydrogens (tertiary/aromatic N) is 2. The molecule has 0 aromatic heterocycles. The molecule has 1 atom stereocenters. The van der Waals surface area contributed by atoms with E-state index in [9.17, 15) is 14.0 Å². The Morgan fingerprint density at radius 2 is 1.75 bits per heavy atom. The molecule has 0 aliphatic carbocycles. The van der Waals surface area contributed by atoms with Crippen LogP contribution in [0.1, 0.15) is 22.3 Å². The lowest BCUT2D eigenvalue weighted by Crippen LogP contribution is -2.58. The van der Waals surface area contributed by atoms with Gasteiger partial charge in [0.15, 0.2) is 0 Å². The average Bonchev–Trinajstić information content (AvgIpc) is 2.89. The Balaban J connectivity index is 1.52. The molecular weight excluding hydrogens is 483 g/mol. The van der Waals surface area contributed by atoms with Gasteiger partial charge in [-0.1, -0.05) is 41.9 Å². The lowest BCUT2D eigenvalue weighted by Gasteiger charge is -2.42. The summed E-state index contributed by atoms with van der Waals surface area (Å²) >= 11 is 5.97. The molecule has 0 unspecified atom stereocenters. The normalized spacial score (nSPS) is 17.5. The van der Waals surface area contributed by atoms with Gasteiger partial charge in [-0.2, -0.15) is 0 Å². The molecule has 1 aliphatic heterocycles. The van der Waals surface area contributed by atoms with E-state index in [2.05, 4.69) is 0 Å². The summed E-state index contributed by atoms with van der Waals surface area (Å²) in [7, 11) is 1.74. The molecule has 4 rings (SSSR count). The van der Waals surface area contributed by atoms with Crippen molar-refractivity contribution in [3.05, 3.63) is 101 Å². The van der Waals surface area contributed by atoms with Gasteiger partial charge in [-0.3, -0.25) is 9.59 Å². The average molecular weight is 511 g/mol. The summed E-state index contributed by atoms with van der Waals surface area (Å²) in [5.74, 6) is -0.234. The summed E-state index contributed by atoms with van der Waals surface area (Å²) < 4.78 is 25.4. The Labute approximate surface area is 215 Å². The highest BCUT2D eigenvalue weighted by Crippen LogP contribution is 2.27. The Morgan fingerprint density at radius 1 is 1.06 bits per heavy atom. The largest absolute Gasteiger partial charge is 0.490 e. The summed E-state index contributed by atoms with van der Waals surface area (Å²) in [5.41, 5.74) is 0.438. The molecule has 0 bridgehead atoms. The molecule has 36 heavy (non-hydrogen) atoms. The molecule has 0 N–H and O–H groups in total. The molecule has 3 aromatic carbocycles. The predicted molar refractivity (Wildman–Crippen MR) is 135 cm³/mol. The van der Waals surface area contributed by atoms with Crippen LogP contribution in [0.2, 0.25) is 5.02 Å². The SMILES string of the molecule is CN(Cc1ccccc1)C(=O)C[C@@]1(COc2ccc(F)cc2)CN(C(=O)c2ccc(Cl)cc2)CCO1. The number of carbonyl (C=O) groups excluding carboxylic acids is 2. The van der Waals surface area contributed by atoms with E-state index in [-0.39, 0.29) is 43.8 Å². The van der Waals surface area contributed by atoms with Gasteiger partial charge in [-0.15, -0.1) is 0 Å². The fraction of sp³-hybridized carbons (Fsp3) is 0.286. The van der Waals surface area contributed by atoms with Gasteiger partial charge in [0.25, 0.3) is 5.91 Å². The zero-order valence-electron chi connectivity index (χ0n) is 20.0. The molecule has 0 saturated carbocycles. The number of benzene rings is 3. The fourth-order valence-electron chi connectivity index (χ4n) is 4.14. The van der Waals surface area contributed by atoms with Crippen LogP contribution in [0.5, 0.6) is 5.75 Å². The second kappa shape index (κ2) is 11.5. The smallest absolute Gasteiger partial charge is 0.254 e. The van der Waals surface area contributed by atoms with Gasteiger partial charge < -0.3 is 19.3 Å². The third-order valence-corrected chi connectivity index (χ3v) is 6.36. The number of halogens is 2. The Bertz CT molecular complexity index is 1170. The number of amides is 2. The molecule has 1 saturated heterocycles. The van der Waals surface area contributed by atoms with Gasteiger partial charge in [0, 0.05) is 30.7 Å². The molecular formula is C28H28ClFN2O4. The third kappa shape index (κ3) is 6.62. The number of morpholine rings is 1. The maximum atomic E-state index is 13.3. The molecule has 1 heterocycles. The summed E-state index contributed by atoms with van der Waals surface area (Å²) in [6.07, 6.45) is 0.0158. The minimum absolute atomic E-state index is 0.0158. The zero-order valence-corrected chi connectivity index (χ0v) is 20.8. The first-order valence-electron chi connectivity index (χ1n) is 11.7. The van der Waals surface area contributed by atoms with Crippen molar-refractivity contribution in [3.63, 3.8) is 0 Å². The molecule has 2 amide bonds. The maximum absolute atomic E-state index is 13.3. The molecule has 1 fully saturated rings. The van der Waals surface area contributed by atoms with Crippen LogP contribution in [0.25, 0.3) is 0 Å². The first kappa shape index (κ1) is 25.7. The standard InChI is InChI=1S/C28H28ClFN2O4/c1-31(18-21-5-3-2-4-6-21)26(33)17-28(20-35-25-13-11-24(30)12-14-25)19-32(15-16-36-28)27(34)22-7-9-23(29)10-8-22/h2-14H,15-20H2,1H3/t28-/m0/s1. The van der Waals surface area contributed by atoms with Crippen LogP contribution in [0.4, 0.5) is 4.39 Å². The quantitative estimate of drug-likeness (QED) is 0.436. The van der Waals surface area contributed by atoms with Crippen LogP contribution in [-0.4, -0.2) is 60.6 Å². The first-order chi connectivity index (χ1) is 17.3.